The summed E-state index contributed by atoms with van der Waals surface area (Å²) >= 11 is 0. The summed E-state index contributed by atoms with van der Waals surface area (Å²) in [5, 5.41) is 19.7. The van der Waals surface area contributed by atoms with Gasteiger partial charge in [-0.25, -0.2) is 4.79 Å². The van der Waals surface area contributed by atoms with Gasteiger partial charge in [-0.2, -0.15) is 0 Å². The molecule has 0 aliphatic rings. The fourth-order valence-corrected chi connectivity index (χ4v) is 1.79. The molecule has 0 radical (unpaired) electrons. The smallest absolute Gasteiger partial charge is 0.328 e. The van der Waals surface area contributed by atoms with Crippen LogP contribution >= 0.6 is 0 Å². The molecule has 1 rings (SSSR count). The Morgan fingerprint density at radius 3 is 2.75 bits per heavy atom. The first-order chi connectivity index (χ1) is 9.45. The zero-order valence-electron chi connectivity index (χ0n) is 11.6. The van der Waals surface area contributed by atoms with Crippen LogP contribution in [0.1, 0.15) is 25.3 Å². The van der Waals surface area contributed by atoms with E-state index >= 15 is 0 Å². The molecule has 20 heavy (non-hydrogen) atoms. The highest BCUT2D eigenvalue weighted by Gasteiger charge is 2.16. The van der Waals surface area contributed by atoms with Crippen molar-refractivity contribution in [2.75, 3.05) is 18.5 Å². The van der Waals surface area contributed by atoms with Gasteiger partial charge in [-0.15, -0.1) is 0 Å². The number of aliphatic carboxylic acids is 1. The first-order valence-electron chi connectivity index (χ1n) is 6.36. The van der Waals surface area contributed by atoms with Crippen LogP contribution in [0.25, 0.3) is 6.08 Å². The van der Waals surface area contributed by atoms with Gasteiger partial charge in [-0.1, -0.05) is 13.3 Å². The molecule has 0 aromatic heterocycles. The van der Waals surface area contributed by atoms with Gasteiger partial charge in [-0.3, -0.25) is 10.1 Å². The number of hydrogen-bond donors (Lipinski definition) is 1. The largest absolute Gasteiger partial charge is 0.478 e. The summed E-state index contributed by atoms with van der Waals surface area (Å²) in [5.74, 6) is -1.05. The quantitative estimate of drug-likeness (QED) is 0.471. The van der Waals surface area contributed by atoms with E-state index in [0.29, 0.717) is 17.8 Å². The minimum Gasteiger partial charge on any atom is -0.478 e. The molecule has 6 heteroatoms. The topological polar surface area (TPSA) is 83.7 Å². The molecule has 1 N–H and O–H groups in total. The maximum atomic E-state index is 11.0. The number of nitro groups is 1. The van der Waals surface area contributed by atoms with Gasteiger partial charge in [0.25, 0.3) is 5.69 Å². The third kappa shape index (κ3) is 4.38. The van der Waals surface area contributed by atoms with Crippen molar-refractivity contribution in [1.29, 1.82) is 0 Å². The van der Waals surface area contributed by atoms with Crippen molar-refractivity contribution in [3.63, 3.8) is 0 Å². The van der Waals surface area contributed by atoms with Crippen LogP contribution < -0.4 is 4.90 Å². The number of nitro benzene ring substituents is 1. The minimum atomic E-state index is -1.05. The second-order valence-electron chi connectivity index (χ2n) is 4.45. The maximum Gasteiger partial charge on any atom is 0.328 e. The fraction of sp³-hybridized carbons (Fsp3) is 0.357. The lowest BCUT2D eigenvalue weighted by molar-refractivity contribution is -0.384. The fourth-order valence-electron chi connectivity index (χ4n) is 1.79. The van der Waals surface area contributed by atoms with E-state index in [1.807, 2.05) is 11.8 Å². The van der Waals surface area contributed by atoms with Gasteiger partial charge in [0.1, 0.15) is 5.69 Å². The Morgan fingerprint density at radius 1 is 1.50 bits per heavy atom. The van der Waals surface area contributed by atoms with Crippen molar-refractivity contribution in [3.05, 3.63) is 40.0 Å². The Hall–Kier alpha value is -2.37. The number of carboxylic acid groups (broad SMARTS) is 1. The summed E-state index contributed by atoms with van der Waals surface area (Å²) in [7, 11) is 1.79. The zero-order valence-corrected chi connectivity index (χ0v) is 11.6. The zero-order chi connectivity index (χ0) is 15.1. The first kappa shape index (κ1) is 15.7. The van der Waals surface area contributed by atoms with Crippen LogP contribution in [0.4, 0.5) is 11.4 Å². The summed E-state index contributed by atoms with van der Waals surface area (Å²) in [4.78, 5) is 22.9. The Morgan fingerprint density at radius 2 is 2.20 bits per heavy atom. The third-order valence-corrected chi connectivity index (χ3v) is 2.87. The molecule has 0 aliphatic heterocycles. The van der Waals surface area contributed by atoms with Gasteiger partial charge >= 0.3 is 5.97 Å². The average molecular weight is 278 g/mol. The number of carboxylic acids is 1. The van der Waals surface area contributed by atoms with Crippen LogP contribution in [-0.4, -0.2) is 29.6 Å². The van der Waals surface area contributed by atoms with Gasteiger partial charge in [0.15, 0.2) is 0 Å². The normalized spacial score (nSPS) is 10.7. The number of nitrogens with zero attached hydrogens (tertiary/aromatic N) is 2. The van der Waals surface area contributed by atoms with Crippen molar-refractivity contribution in [2.45, 2.75) is 19.8 Å². The molecule has 0 aliphatic carbocycles. The van der Waals surface area contributed by atoms with E-state index in [1.165, 1.54) is 18.2 Å². The number of carbonyl (C=O) groups is 1. The molecule has 0 atom stereocenters. The van der Waals surface area contributed by atoms with Crippen molar-refractivity contribution >= 4 is 23.4 Å². The molecule has 0 heterocycles. The molecule has 1 aromatic carbocycles. The van der Waals surface area contributed by atoms with Crippen molar-refractivity contribution in [1.82, 2.24) is 0 Å². The van der Waals surface area contributed by atoms with Crippen LogP contribution in [0.15, 0.2) is 24.3 Å². The summed E-state index contributed by atoms with van der Waals surface area (Å²) in [6.45, 7) is 2.76. The molecule has 0 saturated carbocycles. The first-order valence-corrected chi connectivity index (χ1v) is 6.36. The summed E-state index contributed by atoms with van der Waals surface area (Å²) in [6.07, 6.45) is 4.36. The summed E-state index contributed by atoms with van der Waals surface area (Å²) in [5.41, 5.74) is 1.14. The predicted molar refractivity (Wildman–Crippen MR) is 77.9 cm³/mol. The third-order valence-electron chi connectivity index (χ3n) is 2.87. The average Bonchev–Trinajstić information content (AvgIpc) is 2.41. The number of rotatable bonds is 7. The lowest BCUT2D eigenvalue weighted by atomic mass is 10.1. The van der Waals surface area contributed by atoms with E-state index in [4.69, 9.17) is 5.11 Å². The SMILES string of the molecule is CCCCN(C)c1cc(C=CC(=O)O)ccc1[N+](=O)[O-]. The highest BCUT2D eigenvalue weighted by molar-refractivity contribution is 5.85. The van der Waals surface area contributed by atoms with E-state index in [2.05, 4.69) is 0 Å². The Bertz CT molecular complexity index is 526. The molecular weight excluding hydrogens is 260 g/mol. The van der Waals surface area contributed by atoms with E-state index in [-0.39, 0.29) is 5.69 Å². The Balaban J connectivity index is 3.11. The molecule has 0 saturated heterocycles. The Labute approximate surface area is 117 Å². The van der Waals surface area contributed by atoms with Crippen LogP contribution in [0.3, 0.4) is 0 Å². The standard InChI is InChI=1S/C14H18N2O4/c1-3-4-9-15(2)13-10-11(6-8-14(17)18)5-7-12(13)16(19)20/h5-8,10H,3-4,9H2,1-2H3,(H,17,18). The lowest BCUT2D eigenvalue weighted by Crippen LogP contribution is -2.19. The lowest BCUT2D eigenvalue weighted by Gasteiger charge is -2.19. The van der Waals surface area contributed by atoms with Gasteiger partial charge < -0.3 is 10.0 Å². The van der Waals surface area contributed by atoms with Crippen LogP contribution in [0.5, 0.6) is 0 Å². The summed E-state index contributed by atoms with van der Waals surface area (Å²) < 4.78 is 0. The number of benzene rings is 1. The molecule has 0 unspecified atom stereocenters. The maximum absolute atomic E-state index is 11.0. The van der Waals surface area contributed by atoms with Crippen molar-refractivity contribution in [3.8, 4) is 0 Å². The van der Waals surface area contributed by atoms with Crippen molar-refractivity contribution < 1.29 is 14.8 Å². The molecule has 0 spiro atoms. The van der Waals surface area contributed by atoms with Crippen LogP contribution in [-0.2, 0) is 4.79 Å². The number of unbranched alkanes of at least 4 members (excludes halogenated alkanes) is 1. The number of anilines is 1. The van der Waals surface area contributed by atoms with Gasteiger partial charge in [0.05, 0.1) is 4.92 Å². The highest BCUT2D eigenvalue weighted by atomic mass is 16.6. The minimum absolute atomic E-state index is 0.0241. The van der Waals surface area contributed by atoms with E-state index in [1.54, 1.807) is 13.1 Å². The highest BCUT2D eigenvalue weighted by Crippen LogP contribution is 2.29. The predicted octanol–water partition coefficient (Wildman–Crippen LogP) is 2.93. The molecule has 1 aromatic rings. The van der Waals surface area contributed by atoms with E-state index in [0.717, 1.165) is 18.9 Å². The molecule has 0 amide bonds. The second-order valence-corrected chi connectivity index (χ2v) is 4.45. The second kappa shape index (κ2) is 7.28. The molecule has 0 bridgehead atoms. The van der Waals surface area contributed by atoms with E-state index < -0.39 is 10.9 Å². The molecule has 108 valence electrons. The number of hydrogen-bond acceptors (Lipinski definition) is 4. The molecule has 6 nitrogen and oxygen atoms in total. The van der Waals surface area contributed by atoms with E-state index in [9.17, 15) is 14.9 Å². The Kier molecular flexibility index (Phi) is 5.71. The summed E-state index contributed by atoms with van der Waals surface area (Å²) in [6, 6.07) is 4.57. The monoisotopic (exact) mass is 278 g/mol. The van der Waals surface area contributed by atoms with Crippen molar-refractivity contribution in [2.24, 2.45) is 0 Å². The molecule has 0 fully saturated rings. The van der Waals surface area contributed by atoms with Gasteiger partial charge in [0.2, 0.25) is 0 Å². The molecular formula is C14H18N2O4. The van der Waals surface area contributed by atoms with Crippen LogP contribution in [0, 0.1) is 10.1 Å². The van der Waals surface area contributed by atoms with Gasteiger partial charge in [-0.05, 0) is 30.2 Å². The van der Waals surface area contributed by atoms with Gasteiger partial charge in [0, 0.05) is 25.7 Å². The van der Waals surface area contributed by atoms with Crippen LogP contribution in [0.2, 0.25) is 0 Å².